The van der Waals surface area contributed by atoms with E-state index >= 15 is 0 Å². The van der Waals surface area contributed by atoms with Crippen LogP contribution in [0.4, 0.5) is 0 Å². The Hall–Kier alpha value is -1.21. The molecule has 0 aromatic rings. The van der Waals surface area contributed by atoms with Crippen molar-refractivity contribution in [2.45, 2.75) is 13.8 Å². The zero-order valence-corrected chi connectivity index (χ0v) is 6.06. The van der Waals surface area contributed by atoms with Gasteiger partial charge < -0.3 is 5.41 Å². The molecule has 0 aromatic carbocycles. The van der Waals surface area contributed by atoms with E-state index in [9.17, 15) is 4.79 Å². The van der Waals surface area contributed by atoms with Gasteiger partial charge in [0, 0.05) is 12.1 Å². The minimum atomic E-state index is -0.204. The summed E-state index contributed by atoms with van der Waals surface area (Å²) in [4.78, 5) is 10.9. The van der Waals surface area contributed by atoms with Gasteiger partial charge in [0.2, 0.25) is 0 Å². The molecule has 0 aromatic heterocycles. The van der Waals surface area contributed by atoms with E-state index in [-0.39, 0.29) is 17.3 Å². The Morgan fingerprint density at radius 1 is 1.60 bits per heavy atom. The second-order valence-corrected chi connectivity index (χ2v) is 2.20. The van der Waals surface area contributed by atoms with Crippen LogP contribution >= 0.6 is 0 Å². The number of Topliss-reactive ketones (excluding diaryl/α,β-unsaturated/α-hetero) is 1. The highest BCUT2D eigenvalue weighted by Gasteiger charge is 2.10. The maximum Gasteiger partial charge on any atom is 0.176 e. The molecule has 10 heavy (non-hydrogen) atoms. The van der Waals surface area contributed by atoms with Crippen molar-refractivity contribution in [2.24, 2.45) is 5.92 Å². The molecule has 3 nitrogen and oxygen atoms in total. The fourth-order valence-electron chi connectivity index (χ4n) is 0.480. The molecular formula is C7H10N2O. The maximum atomic E-state index is 10.9. The minimum Gasteiger partial charge on any atom is -0.307 e. The summed E-state index contributed by atoms with van der Waals surface area (Å²) in [6.45, 7) is 3.45. The van der Waals surface area contributed by atoms with Crippen molar-refractivity contribution in [3.63, 3.8) is 0 Å². The zero-order valence-electron chi connectivity index (χ0n) is 6.06. The van der Waals surface area contributed by atoms with E-state index in [2.05, 4.69) is 0 Å². The lowest BCUT2D eigenvalue weighted by atomic mass is 10.0. The first-order chi connectivity index (χ1) is 4.63. The Kier molecular flexibility index (Phi) is 3.29. The van der Waals surface area contributed by atoms with Gasteiger partial charge in [0.05, 0.1) is 5.57 Å². The van der Waals surface area contributed by atoms with Crippen LogP contribution in [-0.4, -0.2) is 17.9 Å². The maximum absolute atomic E-state index is 10.9. The molecule has 0 saturated heterocycles. The molecule has 0 radical (unpaired) electrons. The van der Waals surface area contributed by atoms with Gasteiger partial charge in [0.25, 0.3) is 0 Å². The number of ketones is 1. The Bertz CT molecular complexity index is 200. The molecular weight excluding hydrogens is 128 g/mol. The molecule has 0 aliphatic rings. The largest absolute Gasteiger partial charge is 0.307 e. The summed E-state index contributed by atoms with van der Waals surface area (Å²) >= 11 is 0. The Morgan fingerprint density at radius 3 is 2.20 bits per heavy atom. The fraction of sp³-hybridized carbons (Fsp3) is 0.429. The third-order valence-corrected chi connectivity index (χ3v) is 1.07. The highest BCUT2D eigenvalue weighted by Crippen LogP contribution is 1.99. The number of hydrogen-bond donors (Lipinski definition) is 2. The van der Waals surface area contributed by atoms with Crippen molar-refractivity contribution >= 4 is 17.9 Å². The summed E-state index contributed by atoms with van der Waals surface area (Å²) in [5.41, 5.74) is 0.0370. The number of rotatable bonds is 3. The molecule has 0 fully saturated rings. The van der Waals surface area contributed by atoms with Crippen LogP contribution in [0.2, 0.25) is 0 Å². The SMILES string of the molecule is CC(C)C(=O)C(=C=N)C=N. The number of nitrogens with one attached hydrogen (secondary N) is 2. The van der Waals surface area contributed by atoms with Crippen molar-refractivity contribution in [3.05, 3.63) is 5.57 Å². The van der Waals surface area contributed by atoms with Crippen molar-refractivity contribution in [3.8, 4) is 0 Å². The van der Waals surface area contributed by atoms with Gasteiger partial charge in [0.15, 0.2) is 5.78 Å². The smallest absolute Gasteiger partial charge is 0.176 e. The van der Waals surface area contributed by atoms with E-state index < -0.39 is 0 Å². The fourth-order valence-corrected chi connectivity index (χ4v) is 0.480. The Morgan fingerprint density at radius 2 is 2.10 bits per heavy atom. The van der Waals surface area contributed by atoms with Crippen molar-refractivity contribution in [2.75, 3.05) is 0 Å². The summed E-state index contributed by atoms with van der Waals surface area (Å²) < 4.78 is 0. The minimum absolute atomic E-state index is 0.0370. The lowest BCUT2D eigenvalue weighted by Crippen LogP contribution is -2.11. The van der Waals surface area contributed by atoms with Crippen molar-refractivity contribution in [1.82, 2.24) is 0 Å². The first-order valence-electron chi connectivity index (χ1n) is 2.97. The van der Waals surface area contributed by atoms with Gasteiger partial charge in [-0.05, 0) is 5.87 Å². The normalized spacial score (nSPS) is 8.70. The zero-order chi connectivity index (χ0) is 8.15. The van der Waals surface area contributed by atoms with Gasteiger partial charge in [-0.25, -0.2) is 0 Å². The second kappa shape index (κ2) is 3.75. The highest BCUT2D eigenvalue weighted by molar-refractivity contribution is 6.19. The molecule has 0 atom stereocenters. The van der Waals surface area contributed by atoms with E-state index in [4.69, 9.17) is 10.8 Å². The van der Waals surface area contributed by atoms with Crippen LogP contribution in [0, 0.1) is 16.7 Å². The summed E-state index contributed by atoms with van der Waals surface area (Å²) in [7, 11) is 0. The topological polar surface area (TPSA) is 64.8 Å². The molecule has 0 unspecified atom stereocenters. The van der Waals surface area contributed by atoms with Crippen LogP contribution in [0.25, 0.3) is 0 Å². The molecule has 0 saturated carbocycles. The monoisotopic (exact) mass is 138 g/mol. The number of allylic oxidation sites excluding steroid dienone is 1. The quantitative estimate of drug-likeness (QED) is 0.444. The van der Waals surface area contributed by atoms with Gasteiger partial charge in [0.1, 0.15) is 0 Å². The first-order valence-corrected chi connectivity index (χ1v) is 2.97. The van der Waals surface area contributed by atoms with E-state index in [1.54, 1.807) is 13.8 Å². The van der Waals surface area contributed by atoms with Crippen molar-refractivity contribution in [1.29, 1.82) is 10.8 Å². The third kappa shape index (κ3) is 1.96. The molecule has 0 spiro atoms. The van der Waals surface area contributed by atoms with E-state index in [1.165, 1.54) is 0 Å². The van der Waals surface area contributed by atoms with Gasteiger partial charge in [-0.2, -0.15) is 0 Å². The summed E-state index contributed by atoms with van der Waals surface area (Å²) in [6, 6.07) is 0. The van der Waals surface area contributed by atoms with Crippen LogP contribution < -0.4 is 0 Å². The van der Waals surface area contributed by atoms with Gasteiger partial charge >= 0.3 is 0 Å². The Labute approximate surface area is 59.8 Å². The molecule has 0 heterocycles. The highest BCUT2D eigenvalue weighted by atomic mass is 16.1. The molecule has 54 valence electrons. The van der Waals surface area contributed by atoms with E-state index in [1.807, 2.05) is 5.87 Å². The number of hydrogen-bond acceptors (Lipinski definition) is 3. The Balaban J connectivity index is 4.49. The van der Waals surface area contributed by atoms with Crippen molar-refractivity contribution < 1.29 is 4.79 Å². The average molecular weight is 138 g/mol. The second-order valence-electron chi connectivity index (χ2n) is 2.20. The molecule has 2 N–H and O–H groups in total. The van der Waals surface area contributed by atoms with Crippen LogP contribution in [0.5, 0.6) is 0 Å². The predicted octanol–water partition coefficient (Wildman–Crippen LogP) is 1.04. The predicted molar refractivity (Wildman–Crippen MR) is 39.9 cm³/mol. The molecule has 0 aliphatic carbocycles. The number of carbonyl (C=O) groups excluding carboxylic acids is 1. The third-order valence-electron chi connectivity index (χ3n) is 1.07. The molecule has 3 heteroatoms. The van der Waals surface area contributed by atoms with Gasteiger partial charge in [-0.3, -0.25) is 10.2 Å². The van der Waals surface area contributed by atoms with Crippen LogP contribution in [0.15, 0.2) is 5.57 Å². The molecule has 0 bridgehead atoms. The average Bonchev–Trinajstić information content (AvgIpc) is 1.90. The summed E-state index contributed by atoms with van der Waals surface area (Å²) in [6.07, 6.45) is 0.856. The summed E-state index contributed by atoms with van der Waals surface area (Å²) in [5, 5.41) is 13.3. The van der Waals surface area contributed by atoms with Crippen LogP contribution in [-0.2, 0) is 4.79 Å². The first kappa shape index (κ1) is 8.79. The van der Waals surface area contributed by atoms with E-state index in [0.29, 0.717) is 0 Å². The van der Waals surface area contributed by atoms with Gasteiger partial charge in [-0.1, -0.05) is 13.8 Å². The number of carbonyl (C=O) groups is 1. The van der Waals surface area contributed by atoms with E-state index in [0.717, 1.165) is 6.21 Å². The van der Waals surface area contributed by atoms with Crippen LogP contribution in [0.3, 0.4) is 0 Å². The van der Waals surface area contributed by atoms with Gasteiger partial charge in [-0.15, -0.1) is 0 Å². The standard InChI is InChI=1S/C7H10N2O/c1-5(2)7(10)6(3-8)4-9/h3,5,8-9H,1-2H3. The molecule has 0 rings (SSSR count). The molecule has 0 amide bonds. The lowest BCUT2D eigenvalue weighted by molar-refractivity contribution is -0.117. The van der Waals surface area contributed by atoms with Crippen LogP contribution in [0.1, 0.15) is 13.8 Å². The lowest BCUT2D eigenvalue weighted by Gasteiger charge is -1.98. The molecule has 0 aliphatic heterocycles. The summed E-state index contributed by atoms with van der Waals surface area (Å²) in [5.74, 6) is 1.55.